The number of carboxylic acids is 3. The maximum Gasteiger partial charge on any atom is 3.00 e. The van der Waals surface area contributed by atoms with E-state index in [0.29, 0.717) is 0 Å². The molecule has 0 spiro atoms. The molecule has 0 saturated carbocycles. The molecule has 0 atom stereocenters. The molecule has 12 heteroatoms. The Labute approximate surface area is 113 Å². The molecule has 0 rings (SSSR count). The summed E-state index contributed by atoms with van der Waals surface area (Å²) < 4.78 is 8.88. The molecule has 0 aromatic rings. The molecule has 0 heterocycles. The third kappa shape index (κ3) is 3310. The Morgan fingerprint density at radius 1 is 0.778 bits per heavy atom. The number of rotatable bonds is 0. The molecule has 104 valence electrons. The van der Waals surface area contributed by atoms with Gasteiger partial charge < -0.3 is 44.4 Å². The van der Waals surface area contributed by atoms with Crippen LogP contribution in [0.2, 0.25) is 0 Å². The van der Waals surface area contributed by atoms with E-state index in [2.05, 4.69) is 0 Å². The van der Waals surface area contributed by atoms with Gasteiger partial charge in [0.2, 0.25) is 0 Å². The Bertz CT molecular complexity index is 223. The summed E-state index contributed by atoms with van der Waals surface area (Å²) in [4.78, 5) is 48.2. The molecule has 0 unspecified atom stereocenters. The molecule has 0 bridgehead atoms. The summed E-state index contributed by atoms with van der Waals surface area (Å²) >= 11 is 0. The van der Waals surface area contributed by atoms with Crippen molar-refractivity contribution in [3.05, 3.63) is 0 Å². The van der Waals surface area contributed by atoms with Crippen molar-refractivity contribution in [1.29, 1.82) is 0 Å². The number of aliphatic carboxylic acids is 3. The second-order valence-corrected chi connectivity index (χ2v) is 3.01. The molecular weight excluding hydrogens is 290 g/mol. The van der Waals surface area contributed by atoms with E-state index >= 15 is 0 Å². The predicted octanol–water partition coefficient (Wildman–Crippen LogP) is -5.04. The van der Waals surface area contributed by atoms with E-state index in [1.807, 2.05) is 0 Å². The summed E-state index contributed by atoms with van der Waals surface area (Å²) in [5.41, 5.74) is 0. The molecule has 0 fully saturated rings. The van der Waals surface area contributed by atoms with Gasteiger partial charge in [-0.1, -0.05) is 0 Å². The van der Waals surface area contributed by atoms with Crippen molar-refractivity contribution in [1.82, 2.24) is 0 Å². The first-order valence-corrected chi connectivity index (χ1v) is 5.07. The maximum atomic E-state index is 8.89. The van der Waals surface area contributed by atoms with Gasteiger partial charge in [0.15, 0.2) is 0 Å². The topological polar surface area (TPSA) is 198 Å². The monoisotopic (exact) mass is 302 g/mol. The SMILES string of the molecule is CC(=O)[O-].CC(=O)[O-].CC(=O)[O-].O=P(O)(O)O.[Al+3]. The van der Waals surface area contributed by atoms with Crippen molar-refractivity contribution < 1.29 is 48.9 Å². The van der Waals surface area contributed by atoms with Crippen LogP contribution >= 0.6 is 7.82 Å². The minimum Gasteiger partial charge on any atom is -0.550 e. The van der Waals surface area contributed by atoms with Crippen LogP contribution in [0.4, 0.5) is 0 Å². The van der Waals surface area contributed by atoms with Gasteiger partial charge in [-0.2, -0.15) is 0 Å². The van der Waals surface area contributed by atoms with Crippen LogP contribution in [-0.4, -0.2) is 49.9 Å². The first-order valence-electron chi connectivity index (χ1n) is 3.51. The molecule has 3 N–H and O–H groups in total. The third-order valence-electron chi connectivity index (χ3n) is 0. The second-order valence-electron chi connectivity index (χ2n) is 1.99. The fourth-order valence-corrected chi connectivity index (χ4v) is 0. The van der Waals surface area contributed by atoms with E-state index in [0.717, 1.165) is 20.8 Å². The van der Waals surface area contributed by atoms with E-state index < -0.39 is 25.7 Å². The summed E-state index contributed by atoms with van der Waals surface area (Å²) in [6.07, 6.45) is 0. The first-order chi connectivity index (χ1) is 7.20. The van der Waals surface area contributed by atoms with Crippen LogP contribution in [0.25, 0.3) is 0 Å². The maximum absolute atomic E-state index is 8.89. The van der Waals surface area contributed by atoms with E-state index in [1.165, 1.54) is 0 Å². The summed E-state index contributed by atoms with van der Waals surface area (Å²) in [6.45, 7) is 2.92. The van der Waals surface area contributed by atoms with Gasteiger partial charge in [-0.3, -0.25) is 0 Å². The summed E-state index contributed by atoms with van der Waals surface area (Å²) in [5.74, 6) is -3.25. The number of carboxylic acid groups (broad SMARTS) is 3. The Hall–Kier alpha value is -0.948. The number of carbonyl (C=O) groups excluding carboxylic acids is 3. The Kier molecular flexibility index (Phi) is 31.0. The van der Waals surface area contributed by atoms with Crippen LogP contribution in [0.15, 0.2) is 0 Å². The van der Waals surface area contributed by atoms with Crippen LogP contribution in [0.3, 0.4) is 0 Å². The number of phosphoric acid groups is 1. The van der Waals surface area contributed by atoms with Gasteiger partial charge in [-0.15, -0.1) is 0 Å². The average molecular weight is 302 g/mol. The molecular formula is C6H12AlO10P. The van der Waals surface area contributed by atoms with Crippen molar-refractivity contribution in [2.75, 3.05) is 0 Å². The Morgan fingerprint density at radius 2 is 0.778 bits per heavy atom. The van der Waals surface area contributed by atoms with Gasteiger partial charge in [0, 0.05) is 17.9 Å². The fourth-order valence-electron chi connectivity index (χ4n) is 0. The standard InChI is InChI=1S/3C2H4O2.Al.H3O4P/c3*1-2(3)4;;1-5(2,3)4/h3*1H3,(H,3,4);;(H3,1,2,3,4)/q;;;+3;/p-3. The minimum atomic E-state index is -4.64. The van der Waals surface area contributed by atoms with Crippen LogP contribution < -0.4 is 15.3 Å². The zero-order valence-electron chi connectivity index (χ0n) is 9.72. The van der Waals surface area contributed by atoms with Crippen molar-refractivity contribution in [3.63, 3.8) is 0 Å². The normalized spacial score (nSPS) is 7.44. The summed E-state index contributed by atoms with van der Waals surface area (Å²) in [6, 6.07) is 0. The predicted molar refractivity (Wildman–Crippen MR) is 52.1 cm³/mol. The van der Waals surface area contributed by atoms with Crippen LogP contribution in [0.5, 0.6) is 0 Å². The molecule has 0 saturated heterocycles. The molecule has 10 nitrogen and oxygen atoms in total. The molecule has 0 aliphatic carbocycles. The first kappa shape index (κ1) is 30.2. The van der Waals surface area contributed by atoms with Crippen molar-refractivity contribution in [2.24, 2.45) is 0 Å². The number of carbonyl (C=O) groups is 3. The molecule has 0 aliphatic heterocycles. The van der Waals surface area contributed by atoms with Gasteiger partial charge in [-0.25, -0.2) is 4.57 Å². The van der Waals surface area contributed by atoms with Crippen LogP contribution in [0, 0.1) is 0 Å². The van der Waals surface area contributed by atoms with Gasteiger partial charge in [0.05, 0.1) is 0 Å². The quantitative estimate of drug-likeness (QED) is 0.287. The van der Waals surface area contributed by atoms with Crippen LogP contribution in [-0.2, 0) is 18.9 Å². The van der Waals surface area contributed by atoms with Crippen molar-refractivity contribution in [3.8, 4) is 0 Å². The second kappa shape index (κ2) is 18.4. The molecule has 0 aromatic carbocycles. The van der Waals surface area contributed by atoms with Crippen molar-refractivity contribution >= 4 is 43.1 Å². The fraction of sp³-hybridized carbons (Fsp3) is 0.500. The summed E-state index contributed by atoms with van der Waals surface area (Å²) in [7, 11) is -4.64. The molecule has 18 heavy (non-hydrogen) atoms. The summed E-state index contributed by atoms with van der Waals surface area (Å²) in [5, 5.41) is 26.7. The van der Waals surface area contributed by atoms with Gasteiger partial charge >= 0.3 is 25.2 Å². The van der Waals surface area contributed by atoms with Gasteiger partial charge in [-0.05, 0) is 20.8 Å². The molecule has 0 aromatic heterocycles. The molecule has 0 amide bonds. The zero-order chi connectivity index (χ0) is 15.2. The molecule has 0 aliphatic rings. The third-order valence-corrected chi connectivity index (χ3v) is 0. The van der Waals surface area contributed by atoms with Crippen molar-refractivity contribution in [2.45, 2.75) is 20.8 Å². The Balaban J connectivity index is -0.0000000412. The van der Waals surface area contributed by atoms with E-state index in [-0.39, 0.29) is 17.4 Å². The average Bonchev–Trinajstić information content (AvgIpc) is 1.73. The van der Waals surface area contributed by atoms with Gasteiger partial charge in [0.25, 0.3) is 0 Å². The zero-order valence-corrected chi connectivity index (χ0v) is 11.8. The van der Waals surface area contributed by atoms with Gasteiger partial charge in [0.1, 0.15) is 0 Å². The largest absolute Gasteiger partial charge is 3.00 e. The number of hydrogen-bond acceptors (Lipinski definition) is 7. The smallest absolute Gasteiger partial charge is 0.550 e. The number of hydrogen-bond donors (Lipinski definition) is 3. The van der Waals surface area contributed by atoms with Crippen LogP contribution in [0.1, 0.15) is 20.8 Å². The van der Waals surface area contributed by atoms with E-state index in [4.69, 9.17) is 48.9 Å². The van der Waals surface area contributed by atoms with E-state index in [9.17, 15) is 0 Å². The van der Waals surface area contributed by atoms with E-state index in [1.54, 1.807) is 0 Å². The molecule has 0 radical (unpaired) electrons. The Morgan fingerprint density at radius 3 is 0.778 bits per heavy atom. The minimum absolute atomic E-state index is 0.